The normalized spacial score (nSPS) is 14.8. The zero-order valence-corrected chi connectivity index (χ0v) is 32.7. The van der Waals surface area contributed by atoms with Gasteiger partial charge in [-0.15, -0.1) is 11.3 Å². The first kappa shape index (κ1) is 32.7. The summed E-state index contributed by atoms with van der Waals surface area (Å²) in [6, 6.07) is 76.2. The minimum absolute atomic E-state index is 0.573. The average Bonchev–Trinajstić information content (AvgIpc) is 3.96. The third kappa shape index (κ3) is 4.48. The highest BCUT2D eigenvalue weighted by Gasteiger charge is 2.50. The number of hydrogen-bond acceptors (Lipinski definition) is 2. The van der Waals surface area contributed by atoms with Gasteiger partial charge in [-0.25, -0.2) is 4.98 Å². The Morgan fingerprint density at radius 3 is 1.81 bits per heavy atom. The molecule has 11 aromatic rings. The Hall–Kier alpha value is -7.33. The number of hydrogen-bond donors (Lipinski definition) is 0. The summed E-state index contributed by atoms with van der Waals surface area (Å²) in [5, 5.41) is 2.65. The van der Waals surface area contributed by atoms with Crippen LogP contribution in [0.1, 0.15) is 22.3 Å². The van der Waals surface area contributed by atoms with Gasteiger partial charge in [0.2, 0.25) is 0 Å². The molecule has 2 aliphatic rings. The quantitative estimate of drug-likeness (QED) is 0.175. The van der Waals surface area contributed by atoms with Gasteiger partial charge in [0.25, 0.3) is 0 Å². The van der Waals surface area contributed by atoms with Crippen molar-refractivity contribution in [3.05, 3.63) is 229 Å². The van der Waals surface area contributed by atoms with Gasteiger partial charge in [0, 0.05) is 37.0 Å². The van der Waals surface area contributed by atoms with E-state index in [4.69, 9.17) is 4.98 Å². The topological polar surface area (TPSA) is 17.8 Å². The van der Waals surface area contributed by atoms with E-state index >= 15 is 0 Å². The lowest BCUT2D eigenvalue weighted by molar-refractivity contribution is 0.776. The Balaban J connectivity index is 1.12. The van der Waals surface area contributed by atoms with Gasteiger partial charge in [-0.05, 0) is 97.6 Å². The Morgan fingerprint density at radius 2 is 1.02 bits per heavy atom. The number of rotatable bonds is 3. The fourth-order valence-corrected chi connectivity index (χ4v) is 11.7. The van der Waals surface area contributed by atoms with Gasteiger partial charge in [0.15, 0.2) is 0 Å². The molecule has 0 aliphatic heterocycles. The maximum absolute atomic E-state index is 5.35. The summed E-state index contributed by atoms with van der Waals surface area (Å²) in [7, 11) is 0. The maximum Gasteiger partial charge on any atom is 0.145 e. The SMILES string of the molecule is c1ccc(-c2nc3cc(-c4ccc5c(c4)C4(c6ccccc6-c6ccccc6-5)c5ccccc5-c5c4ccc4c5sc5ccccc54)ccc3n2-c2ccccc2)cc1. The van der Waals surface area contributed by atoms with Crippen molar-refractivity contribution < 1.29 is 0 Å². The summed E-state index contributed by atoms with van der Waals surface area (Å²) < 4.78 is 4.97. The first-order chi connectivity index (χ1) is 29.3. The lowest BCUT2D eigenvalue weighted by atomic mass is 9.65. The molecule has 0 radical (unpaired) electrons. The second-order valence-corrected chi connectivity index (χ2v) is 16.8. The van der Waals surface area contributed by atoms with Crippen molar-refractivity contribution in [2.75, 3.05) is 0 Å². The molecule has 2 heterocycles. The van der Waals surface area contributed by atoms with Crippen LogP contribution in [0.2, 0.25) is 0 Å². The molecule has 2 aromatic heterocycles. The van der Waals surface area contributed by atoms with E-state index in [9.17, 15) is 0 Å². The zero-order valence-electron chi connectivity index (χ0n) is 31.9. The summed E-state index contributed by atoms with van der Waals surface area (Å²) in [6.07, 6.45) is 0. The van der Waals surface area contributed by atoms with Gasteiger partial charge < -0.3 is 0 Å². The van der Waals surface area contributed by atoms with Crippen LogP contribution in [0.25, 0.3) is 92.8 Å². The van der Waals surface area contributed by atoms with Gasteiger partial charge in [-0.2, -0.15) is 0 Å². The lowest BCUT2D eigenvalue weighted by Crippen LogP contribution is -2.29. The van der Waals surface area contributed by atoms with E-state index in [1.165, 1.54) is 81.4 Å². The van der Waals surface area contributed by atoms with E-state index in [0.29, 0.717) is 0 Å². The van der Waals surface area contributed by atoms with Gasteiger partial charge in [-0.1, -0.05) is 170 Å². The number of fused-ring (bicyclic) bond motifs is 17. The van der Waals surface area contributed by atoms with E-state index in [-0.39, 0.29) is 0 Å². The summed E-state index contributed by atoms with van der Waals surface area (Å²) in [4.78, 5) is 5.35. The summed E-state index contributed by atoms with van der Waals surface area (Å²) in [5.41, 5.74) is 19.0. The third-order valence-electron chi connectivity index (χ3n) is 12.8. The van der Waals surface area contributed by atoms with Crippen LogP contribution in [0.4, 0.5) is 0 Å². The average molecular weight is 767 g/mol. The third-order valence-corrected chi connectivity index (χ3v) is 14.1. The van der Waals surface area contributed by atoms with Gasteiger partial charge in [-0.3, -0.25) is 4.57 Å². The first-order valence-corrected chi connectivity index (χ1v) is 21.1. The molecule has 1 spiro atoms. The minimum Gasteiger partial charge on any atom is -0.292 e. The van der Waals surface area contributed by atoms with Crippen molar-refractivity contribution >= 4 is 42.5 Å². The number of benzene rings is 9. The van der Waals surface area contributed by atoms with Crippen LogP contribution in [-0.4, -0.2) is 9.55 Å². The number of nitrogens with zero attached hydrogens (tertiary/aromatic N) is 2. The molecule has 0 fully saturated rings. The highest BCUT2D eigenvalue weighted by molar-refractivity contribution is 7.26. The Kier molecular flexibility index (Phi) is 6.84. The van der Waals surface area contributed by atoms with E-state index in [0.717, 1.165) is 33.7 Å². The highest BCUT2D eigenvalue weighted by Crippen LogP contribution is 2.63. The smallest absolute Gasteiger partial charge is 0.145 e. The minimum atomic E-state index is -0.573. The number of imidazole rings is 1. The molecule has 0 saturated heterocycles. The summed E-state index contributed by atoms with van der Waals surface area (Å²) in [5.74, 6) is 0.935. The zero-order chi connectivity index (χ0) is 38.7. The molecule has 0 N–H and O–H groups in total. The molecule has 2 nitrogen and oxygen atoms in total. The van der Waals surface area contributed by atoms with Crippen LogP contribution in [-0.2, 0) is 5.41 Å². The molecular formula is C56H34N2S. The molecule has 13 rings (SSSR count). The van der Waals surface area contributed by atoms with Gasteiger partial charge in [0.1, 0.15) is 5.82 Å². The molecule has 3 heteroatoms. The number of para-hydroxylation sites is 1. The van der Waals surface area contributed by atoms with E-state index < -0.39 is 5.41 Å². The van der Waals surface area contributed by atoms with Crippen molar-refractivity contribution in [1.29, 1.82) is 0 Å². The predicted octanol–water partition coefficient (Wildman–Crippen LogP) is 14.7. The maximum atomic E-state index is 5.35. The van der Waals surface area contributed by atoms with Crippen LogP contribution in [0.3, 0.4) is 0 Å². The summed E-state index contributed by atoms with van der Waals surface area (Å²) in [6.45, 7) is 0. The molecule has 274 valence electrons. The molecule has 9 aromatic carbocycles. The molecule has 1 unspecified atom stereocenters. The van der Waals surface area contributed by atoms with E-state index in [2.05, 4.69) is 211 Å². The van der Waals surface area contributed by atoms with Crippen LogP contribution in [0.15, 0.2) is 206 Å². The van der Waals surface area contributed by atoms with E-state index in [1.54, 1.807) is 0 Å². The Labute approximate surface area is 346 Å². The lowest BCUT2D eigenvalue weighted by Gasteiger charge is -2.35. The fourth-order valence-electron chi connectivity index (χ4n) is 10.4. The highest BCUT2D eigenvalue weighted by atomic mass is 32.1. The second kappa shape index (κ2) is 12.3. The van der Waals surface area contributed by atoms with Crippen molar-refractivity contribution in [1.82, 2.24) is 9.55 Å². The molecule has 0 amide bonds. The Morgan fingerprint density at radius 1 is 0.407 bits per heavy atom. The number of thiophene rings is 1. The van der Waals surface area contributed by atoms with Crippen molar-refractivity contribution in [3.8, 4) is 61.6 Å². The van der Waals surface area contributed by atoms with Crippen molar-refractivity contribution in [2.45, 2.75) is 5.41 Å². The molecule has 59 heavy (non-hydrogen) atoms. The van der Waals surface area contributed by atoms with Crippen LogP contribution in [0.5, 0.6) is 0 Å². The first-order valence-electron chi connectivity index (χ1n) is 20.3. The fraction of sp³-hybridized carbons (Fsp3) is 0.0179. The monoisotopic (exact) mass is 766 g/mol. The summed E-state index contributed by atoms with van der Waals surface area (Å²) >= 11 is 1.93. The number of aromatic nitrogens is 2. The largest absolute Gasteiger partial charge is 0.292 e. The molecular weight excluding hydrogens is 733 g/mol. The van der Waals surface area contributed by atoms with Crippen LogP contribution >= 0.6 is 11.3 Å². The van der Waals surface area contributed by atoms with Gasteiger partial charge >= 0.3 is 0 Å². The van der Waals surface area contributed by atoms with Crippen molar-refractivity contribution in [2.24, 2.45) is 0 Å². The molecule has 0 saturated carbocycles. The standard InChI is InChI=1S/C56H34N2S/c1-3-15-35(16-4-1)55-57-50-34-37(28-32-51(50)58(55)38-17-5-2-6-18-38)36-27-29-42-40-20-8-7-19-39(40)41-21-9-12-24-46(41)56(49(42)33-36)47-25-13-10-23-45(47)53-48(56)31-30-44-43-22-11-14-26-52(43)59-54(44)53/h1-34H. The molecule has 2 aliphatic carbocycles. The Bertz CT molecular complexity index is 3500. The molecule has 1 atom stereocenters. The van der Waals surface area contributed by atoms with E-state index in [1.807, 2.05) is 11.3 Å². The predicted molar refractivity (Wildman–Crippen MR) is 247 cm³/mol. The second-order valence-electron chi connectivity index (χ2n) is 15.8. The molecule has 0 bridgehead atoms. The van der Waals surface area contributed by atoms with Crippen LogP contribution in [0, 0.1) is 0 Å². The van der Waals surface area contributed by atoms with Crippen LogP contribution < -0.4 is 0 Å². The van der Waals surface area contributed by atoms with Gasteiger partial charge in [0.05, 0.1) is 16.4 Å². The van der Waals surface area contributed by atoms with Crippen molar-refractivity contribution in [3.63, 3.8) is 0 Å².